The van der Waals surface area contributed by atoms with E-state index in [1.165, 1.54) is 0 Å². The second kappa shape index (κ2) is 9.97. The maximum absolute atomic E-state index is 12.9. The van der Waals surface area contributed by atoms with Crippen molar-refractivity contribution in [3.8, 4) is 0 Å². The van der Waals surface area contributed by atoms with E-state index in [1.54, 1.807) is 6.08 Å². The Bertz CT molecular complexity index is 632. The summed E-state index contributed by atoms with van der Waals surface area (Å²) in [6.45, 7) is 31.9. The Morgan fingerprint density at radius 2 is 1.57 bits per heavy atom. The van der Waals surface area contributed by atoms with Gasteiger partial charge in [0.2, 0.25) is 8.32 Å². The highest BCUT2D eigenvalue weighted by molar-refractivity contribution is 6.77. The van der Waals surface area contributed by atoms with Gasteiger partial charge in [0.15, 0.2) is 14.1 Å². The molecule has 2 atom stereocenters. The molecule has 0 saturated carbocycles. The topological polar surface area (TPSA) is 35.5 Å². The minimum Gasteiger partial charge on any atom is -0.412 e. The Hall–Kier alpha value is -0.496. The average molecular weight is 453 g/mol. The molecule has 1 aliphatic rings. The standard InChI is InChI=1S/C25H48O3Si2/c1-17(2)30(18(3)4,19(5)6)27-16-21(8)22-15-24(20(7)14-23(22)26)28-29(12,13)25(9,10)11/h14,17-19,22,24H,8,15-16H2,1-7,9-13H3/t22-,24-/m1/s1. The molecular weight excluding hydrogens is 404 g/mol. The van der Waals surface area contributed by atoms with Crippen molar-refractivity contribution < 1.29 is 13.6 Å². The van der Waals surface area contributed by atoms with E-state index in [1.807, 2.05) is 6.92 Å². The lowest BCUT2D eigenvalue weighted by Crippen LogP contribution is -2.48. The third-order valence-electron chi connectivity index (χ3n) is 7.62. The van der Waals surface area contributed by atoms with Gasteiger partial charge in [0.25, 0.3) is 0 Å². The number of allylic oxidation sites excluding steroid dienone is 1. The summed E-state index contributed by atoms with van der Waals surface area (Å²) in [5.41, 5.74) is 3.51. The Kier molecular flexibility index (Phi) is 9.15. The van der Waals surface area contributed by atoms with Crippen LogP contribution in [0, 0.1) is 5.92 Å². The Balaban J connectivity index is 3.01. The highest BCUT2D eigenvalue weighted by Gasteiger charge is 2.46. The van der Waals surface area contributed by atoms with Crippen molar-refractivity contribution in [2.45, 2.75) is 117 Å². The fraction of sp³-hybridized carbons (Fsp3) is 0.800. The zero-order chi connectivity index (χ0) is 23.7. The number of rotatable bonds is 9. The van der Waals surface area contributed by atoms with E-state index in [2.05, 4.69) is 82.0 Å². The Morgan fingerprint density at radius 3 is 1.97 bits per heavy atom. The number of carbonyl (C=O) groups is 1. The molecule has 0 N–H and O–H groups in total. The second-order valence-corrected chi connectivity index (χ2v) is 21.9. The van der Waals surface area contributed by atoms with E-state index in [0.717, 1.165) is 11.1 Å². The quantitative estimate of drug-likeness (QED) is 0.266. The van der Waals surface area contributed by atoms with E-state index >= 15 is 0 Å². The summed E-state index contributed by atoms with van der Waals surface area (Å²) in [5.74, 6) is -0.0521. The van der Waals surface area contributed by atoms with Gasteiger partial charge in [-0.1, -0.05) is 68.9 Å². The molecule has 174 valence electrons. The highest BCUT2D eigenvalue weighted by atomic mass is 28.4. The first kappa shape index (κ1) is 27.5. The molecule has 0 aromatic rings. The molecule has 0 fully saturated rings. The van der Waals surface area contributed by atoms with Gasteiger partial charge in [-0.25, -0.2) is 0 Å². The minimum absolute atomic E-state index is 0.00681. The monoisotopic (exact) mass is 452 g/mol. The molecule has 0 aromatic heterocycles. The zero-order valence-electron chi connectivity index (χ0n) is 21.8. The smallest absolute Gasteiger partial charge is 0.200 e. The summed E-state index contributed by atoms with van der Waals surface area (Å²) in [5, 5.41) is 0.140. The first-order valence-electron chi connectivity index (χ1n) is 11.7. The van der Waals surface area contributed by atoms with Crippen LogP contribution in [0.4, 0.5) is 0 Å². The number of hydrogen-bond donors (Lipinski definition) is 0. The minimum atomic E-state index is -1.98. The molecule has 30 heavy (non-hydrogen) atoms. The molecule has 3 nitrogen and oxygen atoms in total. The van der Waals surface area contributed by atoms with Crippen LogP contribution < -0.4 is 0 Å². The lowest BCUT2D eigenvalue weighted by atomic mass is 9.83. The van der Waals surface area contributed by atoms with Gasteiger partial charge in [0.1, 0.15) is 0 Å². The van der Waals surface area contributed by atoms with E-state index in [9.17, 15) is 4.79 Å². The number of hydrogen-bond acceptors (Lipinski definition) is 3. The molecule has 0 amide bonds. The van der Waals surface area contributed by atoms with E-state index in [0.29, 0.717) is 29.7 Å². The molecule has 0 aromatic carbocycles. The van der Waals surface area contributed by atoms with Gasteiger partial charge in [-0.15, -0.1) is 0 Å². The van der Waals surface area contributed by atoms with Crippen molar-refractivity contribution in [2.24, 2.45) is 5.92 Å². The van der Waals surface area contributed by atoms with E-state index in [-0.39, 0.29) is 22.8 Å². The van der Waals surface area contributed by atoms with Crippen LogP contribution in [0.25, 0.3) is 0 Å². The summed E-state index contributed by atoms with van der Waals surface area (Å²) in [4.78, 5) is 12.9. The van der Waals surface area contributed by atoms with Gasteiger partial charge in [-0.05, 0) is 65.3 Å². The van der Waals surface area contributed by atoms with Crippen molar-refractivity contribution in [1.29, 1.82) is 0 Å². The molecule has 0 unspecified atom stereocenters. The van der Waals surface area contributed by atoms with Gasteiger partial charge in [-0.3, -0.25) is 4.79 Å². The van der Waals surface area contributed by atoms with Crippen molar-refractivity contribution in [1.82, 2.24) is 0 Å². The van der Waals surface area contributed by atoms with Crippen molar-refractivity contribution >= 4 is 22.4 Å². The van der Waals surface area contributed by atoms with Gasteiger partial charge >= 0.3 is 0 Å². The molecule has 5 heteroatoms. The molecule has 0 bridgehead atoms. The van der Waals surface area contributed by atoms with Gasteiger partial charge < -0.3 is 8.85 Å². The largest absolute Gasteiger partial charge is 0.412 e. The molecule has 1 rings (SSSR count). The van der Waals surface area contributed by atoms with Gasteiger partial charge in [0, 0.05) is 5.92 Å². The molecular formula is C25H48O3Si2. The van der Waals surface area contributed by atoms with Crippen molar-refractivity contribution in [2.75, 3.05) is 6.61 Å². The first-order valence-corrected chi connectivity index (χ1v) is 16.7. The molecule has 0 spiro atoms. The van der Waals surface area contributed by atoms with Crippen LogP contribution in [-0.4, -0.2) is 35.1 Å². The fourth-order valence-electron chi connectivity index (χ4n) is 4.79. The predicted octanol–water partition coefficient (Wildman–Crippen LogP) is 7.66. The summed E-state index contributed by atoms with van der Waals surface area (Å²) in [6, 6.07) is 0. The summed E-state index contributed by atoms with van der Waals surface area (Å²) in [6.07, 6.45) is 2.47. The Labute approximate surface area is 189 Å². The van der Waals surface area contributed by atoms with Crippen molar-refractivity contribution in [3.63, 3.8) is 0 Å². The first-order chi connectivity index (χ1) is 13.5. The van der Waals surface area contributed by atoms with Crippen LogP contribution >= 0.6 is 0 Å². The SMILES string of the molecule is C=C(CO[Si](C(C)C)(C(C)C)C(C)C)[C@H]1C[C@@H](O[Si](C)(C)C(C)(C)C)C(C)=CC1=O. The van der Waals surface area contributed by atoms with E-state index in [4.69, 9.17) is 8.85 Å². The van der Waals surface area contributed by atoms with Crippen LogP contribution in [0.2, 0.25) is 34.8 Å². The van der Waals surface area contributed by atoms with Crippen LogP contribution in [0.1, 0.15) is 75.7 Å². The van der Waals surface area contributed by atoms with E-state index < -0.39 is 16.6 Å². The zero-order valence-corrected chi connectivity index (χ0v) is 23.8. The number of ketones is 1. The normalized spacial score (nSPS) is 21.6. The van der Waals surface area contributed by atoms with Gasteiger partial charge in [-0.2, -0.15) is 0 Å². The van der Waals surface area contributed by atoms with Crippen LogP contribution in [0.5, 0.6) is 0 Å². The van der Waals surface area contributed by atoms with Gasteiger partial charge in [0.05, 0.1) is 12.7 Å². The summed E-state index contributed by atoms with van der Waals surface area (Å²) in [7, 11) is -3.90. The maximum atomic E-state index is 12.9. The molecule has 0 saturated heterocycles. The van der Waals surface area contributed by atoms with Crippen LogP contribution in [-0.2, 0) is 13.6 Å². The predicted molar refractivity (Wildman–Crippen MR) is 135 cm³/mol. The fourth-order valence-corrected chi connectivity index (χ4v) is 11.6. The third kappa shape index (κ3) is 5.84. The molecule has 0 radical (unpaired) electrons. The van der Waals surface area contributed by atoms with Crippen LogP contribution in [0.15, 0.2) is 23.8 Å². The lowest BCUT2D eigenvalue weighted by Gasteiger charge is -2.43. The molecule has 0 aliphatic heterocycles. The summed E-state index contributed by atoms with van der Waals surface area (Å²) >= 11 is 0. The molecule has 1 aliphatic carbocycles. The van der Waals surface area contributed by atoms with Crippen molar-refractivity contribution in [3.05, 3.63) is 23.8 Å². The third-order valence-corrected chi connectivity index (χ3v) is 18.2. The highest BCUT2D eigenvalue weighted by Crippen LogP contribution is 2.43. The van der Waals surface area contributed by atoms with Crippen LogP contribution in [0.3, 0.4) is 0 Å². The number of carbonyl (C=O) groups excluding carboxylic acids is 1. The summed E-state index contributed by atoms with van der Waals surface area (Å²) < 4.78 is 13.4. The lowest BCUT2D eigenvalue weighted by molar-refractivity contribution is -0.118. The average Bonchev–Trinajstić information content (AvgIpc) is 2.55. The maximum Gasteiger partial charge on any atom is 0.200 e. The Morgan fingerprint density at radius 1 is 1.10 bits per heavy atom. The second-order valence-electron chi connectivity index (χ2n) is 11.7. The molecule has 0 heterocycles.